The maximum absolute atomic E-state index is 13.3. The summed E-state index contributed by atoms with van der Waals surface area (Å²) in [5.41, 5.74) is 2.34. The molecule has 1 aliphatic rings. The highest BCUT2D eigenvalue weighted by molar-refractivity contribution is 7.89. The first-order chi connectivity index (χ1) is 15.3. The van der Waals surface area contributed by atoms with Gasteiger partial charge in [-0.05, 0) is 68.0 Å². The maximum Gasteiger partial charge on any atom is 0.257 e. The van der Waals surface area contributed by atoms with Crippen LogP contribution >= 0.6 is 11.3 Å². The number of rotatable bonds is 5. The lowest BCUT2D eigenvalue weighted by Crippen LogP contribution is -2.38. The van der Waals surface area contributed by atoms with E-state index in [9.17, 15) is 13.2 Å². The van der Waals surface area contributed by atoms with Crippen LogP contribution in [0.5, 0.6) is 0 Å². The molecule has 0 atom stereocenters. The smallest absolute Gasteiger partial charge is 0.257 e. The molecule has 0 saturated carbocycles. The zero-order valence-electron chi connectivity index (χ0n) is 18.2. The number of hydrogen-bond donors (Lipinski definition) is 1. The predicted molar refractivity (Wildman–Crippen MR) is 124 cm³/mol. The third-order valence-corrected chi connectivity index (χ3v) is 8.66. The number of carbonyl (C=O) groups excluding carboxylic acids is 1. The Labute approximate surface area is 191 Å². The zero-order valence-corrected chi connectivity index (χ0v) is 19.8. The van der Waals surface area contributed by atoms with E-state index in [-0.39, 0.29) is 10.5 Å². The number of benzene rings is 1. The summed E-state index contributed by atoms with van der Waals surface area (Å²) in [6.07, 6.45) is 3.34. The molecular formula is C22H25N5O3S2. The summed E-state index contributed by atoms with van der Waals surface area (Å²) in [5, 5.41) is 11.7. The van der Waals surface area contributed by atoms with E-state index in [4.69, 9.17) is 0 Å². The minimum Gasteiger partial charge on any atom is -0.296 e. The van der Waals surface area contributed by atoms with E-state index in [2.05, 4.69) is 27.4 Å². The highest BCUT2D eigenvalue weighted by Crippen LogP contribution is 2.29. The first-order valence-corrected chi connectivity index (χ1v) is 12.7. The van der Waals surface area contributed by atoms with Crippen LogP contribution < -0.4 is 5.32 Å². The number of aromatic nitrogens is 3. The van der Waals surface area contributed by atoms with E-state index in [0.717, 1.165) is 18.4 Å². The second kappa shape index (κ2) is 9.05. The fraction of sp³-hybridized carbons (Fsp3) is 0.364. The lowest BCUT2D eigenvalue weighted by molar-refractivity contribution is 0.102. The van der Waals surface area contributed by atoms with Crippen molar-refractivity contribution in [1.82, 2.24) is 19.5 Å². The van der Waals surface area contributed by atoms with Gasteiger partial charge in [0, 0.05) is 24.8 Å². The zero-order chi connectivity index (χ0) is 22.9. The molecule has 168 valence electrons. The van der Waals surface area contributed by atoms with Crippen LogP contribution in [0.1, 0.15) is 41.3 Å². The second-order valence-electron chi connectivity index (χ2n) is 8.08. The fourth-order valence-electron chi connectivity index (χ4n) is 3.63. The van der Waals surface area contributed by atoms with E-state index in [1.54, 1.807) is 19.2 Å². The van der Waals surface area contributed by atoms with Crippen LogP contribution in [-0.4, -0.2) is 46.9 Å². The van der Waals surface area contributed by atoms with E-state index < -0.39 is 15.9 Å². The van der Waals surface area contributed by atoms with Crippen molar-refractivity contribution < 1.29 is 13.2 Å². The van der Waals surface area contributed by atoms with Gasteiger partial charge >= 0.3 is 0 Å². The van der Waals surface area contributed by atoms with Crippen LogP contribution in [0.4, 0.5) is 5.13 Å². The molecule has 1 amide bonds. The highest BCUT2D eigenvalue weighted by Gasteiger charge is 2.30. The second-order valence-corrected chi connectivity index (χ2v) is 11.0. The molecule has 1 aromatic carbocycles. The average Bonchev–Trinajstić information content (AvgIpc) is 3.24. The van der Waals surface area contributed by atoms with Gasteiger partial charge in [0.1, 0.15) is 5.69 Å². The Hall–Kier alpha value is -2.69. The van der Waals surface area contributed by atoms with E-state index >= 15 is 0 Å². The Morgan fingerprint density at radius 2 is 1.91 bits per heavy atom. The topological polar surface area (TPSA) is 105 Å². The quantitative estimate of drug-likeness (QED) is 0.605. The molecule has 1 saturated heterocycles. The van der Waals surface area contributed by atoms with Crippen LogP contribution in [0.3, 0.4) is 0 Å². The molecule has 0 bridgehead atoms. The number of carbonyl (C=O) groups is 1. The first kappa shape index (κ1) is 22.5. The summed E-state index contributed by atoms with van der Waals surface area (Å²) >= 11 is 1.21. The Morgan fingerprint density at radius 1 is 1.16 bits per heavy atom. The molecule has 32 heavy (non-hydrogen) atoms. The van der Waals surface area contributed by atoms with E-state index in [1.165, 1.54) is 21.7 Å². The number of pyridine rings is 1. The molecule has 8 nitrogen and oxygen atoms in total. The van der Waals surface area contributed by atoms with Gasteiger partial charge in [0.25, 0.3) is 5.91 Å². The lowest BCUT2D eigenvalue weighted by atomic mass is 10.0. The normalized spacial score (nSPS) is 15.6. The third-order valence-electron chi connectivity index (χ3n) is 5.77. The molecular weight excluding hydrogens is 446 g/mol. The van der Waals surface area contributed by atoms with Crippen molar-refractivity contribution in [3.05, 3.63) is 53.2 Å². The molecule has 1 fully saturated rings. The third kappa shape index (κ3) is 4.57. The fourth-order valence-corrected chi connectivity index (χ4v) is 6.14. The average molecular weight is 472 g/mol. The molecule has 2 aromatic heterocycles. The highest BCUT2D eigenvalue weighted by atomic mass is 32.2. The molecule has 0 unspecified atom stereocenters. The molecule has 3 aromatic rings. The predicted octanol–water partition coefficient (Wildman–Crippen LogP) is 3.89. The summed E-state index contributed by atoms with van der Waals surface area (Å²) in [7, 11) is -3.68. The SMILES string of the molecule is Cc1cc(C(=O)Nc2nnc(-c3ccccn3)s2)cc(S(=O)(=O)N2CCC(C)CC2)c1C. The van der Waals surface area contributed by atoms with Crippen molar-refractivity contribution in [2.75, 3.05) is 18.4 Å². The van der Waals surface area contributed by atoms with Gasteiger partial charge in [0.2, 0.25) is 15.2 Å². The number of anilines is 1. The summed E-state index contributed by atoms with van der Waals surface area (Å²) in [6, 6.07) is 8.63. The Kier molecular flexibility index (Phi) is 6.36. The largest absolute Gasteiger partial charge is 0.296 e. The van der Waals surface area contributed by atoms with E-state index in [0.29, 0.717) is 40.4 Å². The van der Waals surface area contributed by atoms with E-state index in [1.807, 2.05) is 25.1 Å². The molecule has 4 rings (SSSR count). The summed E-state index contributed by atoms with van der Waals surface area (Å²) in [6.45, 7) is 6.73. The molecule has 0 spiro atoms. The van der Waals surface area contributed by atoms with Gasteiger partial charge in [-0.3, -0.25) is 15.1 Å². The summed E-state index contributed by atoms with van der Waals surface area (Å²) in [5.74, 6) is 0.0878. The number of aryl methyl sites for hydroxylation is 1. The standard InChI is InChI=1S/C22H25N5O3S2/c1-14-7-10-27(11-8-14)32(29,30)19-13-17(12-15(2)16(19)3)20(28)24-22-26-25-21(31-22)18-6-4-5-9-23-18/h4-6,9,12-14H,7-8,10-11H2,1-3H3,(H,24,26,28). The number of amides is 1. The Balaban J connectivity index is 1.59. The number of sulfonamides is 1. The maximum atomic E-state index is 13.3. The van der Waals surface area contributed by atoms with Crippen LogP contribution in [0, 0.1) is 19.8 Å². The van der Waals surface area contributed by atoms with Crippen molar-refractivity contribution in [2.45, 2.75) is 38.5 Å². The molecule has 1 N–H and O–H groups in total. The van der Waals surface area contributed by atoms with Crippen LogP contribution in [0.25, 0.3) is 10.7 Å². The number of nitrogens with one attached hydrogen (secondary N) is 1. The van der Waals surface area contributed by atoms with Crippen LogP contribution in [-0.2, 0) is 10.0 Å². The summed E-state index contributed by atoms with van der Waals surface area (Å²) < 4.78 is 28.2. The number of nitrogens with zero attached hydrogens (tertiary/aromatic N) is 4. The van der Waals surface area contributed by atoms with Gasteiger partial charge in [-0.15, -0.1) is 10.2 Å². The molecule has 10 heteroatoms. The Bertz CT molecular complexity index is 1230. The number of hydrogen-bond acceptors (Lipinski definition) is 7. The lowest BCUT2D eigenvalue weighted by Gasteiger charge is -2.30. The molecule has 0 aliphatic carbocycles. The van der Waals surface area contributed by atoms with Crippen molar-refractivity contribution >= 4 is 32.4 Å². The van der Waals surface area contributed by atoms with Gasteiger partial charge in [0.05, 0.1) is 4.90 Å². The van der Waals surface area contributed by atoms with Crippen LogP contribution in [0.15, 0.2) is 41.4 Å². The molecule has 1 aliphatic heterocycles. The van der Waals surface area contributed by atoms with Crippen molar-refractivity contribution in [2.24, 2.45) is 5.92 Å². The van der Waals surface area contributed by atoms with Gasteiger partial charge in [0.15, 0.2) is 5.01 Å². The molecule has 3 heterocycles. The summed E-state index contributed by atoms with van der Waals surface area (Å²) in [4.78, 5) is 17.3. The van der Waals surface area contributed by atoms with Crippen LogP contribution in [0.2, 0.25) is 0 Å². The van der Waals surface area contributed by atoms with Crippen molar-refractivity contribution in [3.63, 3.8) is 0 Å². The molecule has 0 radical (unpaired) electrons. The van der Waals surface area contributed by atoms with Crippen molar-refractivity contribution in [3.8, 4) is 10.7 Å². The van der Waals surface area contributed by atoms with Gasteiger partial charge in [-0.25, -0.2) is 8.42 Å². The Morgan fingerprint density at radius 3 is 2.59 bits per heavy atom. The number of piperidine rings is 1. The van der Waals surface area contributed by atoms with Gasteiger partial charge in [-0.1, -0.05) is 24.3 Å². The minimum absolute atomic E-state index is 0.184. The van der Waals surface area contributed by atoms with Gasteiger partial charge in [-0.2, -0.15) is 4.31 Å². The first-order valence-electron chi connectivity index (χ1n) is 10.4. The minimum atomic E-state index is -3.68. The monoisotopic (exact) mass is 471 g/mol. The van der Waals surface area contributed by atoms with Gasteiger partial charge < -0.3 is 0 Å². The van der Waals surface area contributed by atoms with Crippen molar-refractivity contribution in [1.29, 1.82) is 0 Å².